The molecule has 2 aromatic rings. The van der Waals surface area contributed by atoms with Crippen LogP contribution in [0.2, 0.25) is 0 Å². The predicted octanol–water partition coefficient (Wildman–Crippen LogP) is 2.49. The first-order valence-corrected chi connectivity index (χ1v) is 7.49. The molecule has 0 bridgehead atoms. The standard InChI is InChI=1S/C16H23N3O/c1-12(2)16-13(6-8-20-16)9-17-10-14-11-18-15-5-3-4-7-19(14)15/h3-5,7,11-13,16-17H,6,8-10H2,1-2H3/t13-,16-/m1/s1. The lowest BCUT2D eigenvalue weighted by molar-refractivity contribution is 0.0539. The quantitative estimate of drug-likeness (QED) is 0.909. The summed E-state index contributed by atoms with van der Waals surface area (Å²) in [6.45, 7) is 7.27. The van der Waals surface area contributed by atoms with Crippen LogP contribution in [0.25, 0.3) is 5.65 Å². The second-order valence-corrected chi connectivity index (χ2v) is 5.94. The van der Waals surface area contributed by atoms with Gasteiger partial charge in [-0.25, -0.2) is 4.98 Å². The lowest BCUT2D eigenvalue weighted by atomic mass is 9.93. The number of imidazole rings is 1. The van der Waals surface area contributed by atoms with E-state index in [4.69, 9.17) is 4.74 Å². The summed E-state index contributed by atoms with van der Waals surface area (Å²) in [5.74, 6) is 1.23. The summed E-state index contributed by atoms with van der Waals surface area (Å²) in [7, 11) is 0. The summed E-state index contributed by atoms with van der Waals surface area (Å²) in [6.07, 6.45) is 5.59. The Hall–Kier alpha value is -1.39. The van der Waals surface area contributed by atoms with Crippen molar-refractivity contribution >= 4 is 5.65 Å². The van der Waals surface area contributed by atoms with E-state index in [9.17, 15) is 0 Å². The molecule has 4 heteroatoms. The van der Waals surface area contributed by atoms with Crippen molar-refractivity contribution in [3.63, 3.8) is 0 Å². The molecule has 4 nitrogen and oxygen atoms in total. The van der Waals surface area contributed by atoms with Gasteiger partial charge in [0.15, 0.2) is 0 Å². The molecule has 0 spiro atoms. The van der Waals surface area contributed by atoms with Crippen molar-refractivity contribution in [1.29, 1.82) is 0 Å². The molecule has 1 aliphatic rings. The topological polar surface area (TPSA) is 38.6 Å². The minimum Gasteiger partial charge on any atom is -0.378 e. The van der Waals surface area contributed by atoms with Crippen molar-refractivity contribution in [1.82, 2.24) is 14.7 Å². The summed E-state index contributed by atoms with van der Waals surface area (Å²) in [5, 5.41) is 3.57. The Morgan fingerprint density at radius 2 is 2.35 bits per heavy atom. The van der Waals surface area contributed by atoms with E-state index in [-0.39, 0.29) is 0 Å². The van der Waals surface area contributed by atoms with Crippen LogP contribution in [0, 0.1) is 11.8 Å². The van der Waals surface area contributed by atoms with Crippen molar-refractivity contribution in [2.75, 3.05) is 13.2 Å². The largest absolute Gasteiger partial charge is 0.378 e. The van der Waals surface area contributed by atoms with E-state index < -0.39 is 0 Å². The fourth-order valence-corrected chi connectivity index (χ4v) is 3.11. The normalized spacial score (nSPS) is 22.9. The third kappa shape index (κ3) is 2.72. The van der Waals surface area contributed by atoms with Gasteiger partial charge in [0.2, 0.25) is 0 Å². The van der Waals surface area contributed by atoms with Crippen LogP contribution < -0.4 is 5.32 Å². The first-order chi connectivity index (χ1) is 9.75. The summed E-state index contributed by atoms with van der Waals surface area (Å²) in [5.41, 5.74) is 2.22. The third-order valence-electron chi connectivity index (χ3n) is 4.13. The first-order valence-electron chi connectivity index (χ1n) is 7.49. The Labute approximate surface area is 120 Å². The zero-order valence-corrected chi connectivity index (χ0v) is 12.2. The molecule has 0 radical (unpaired) electrons. The number of rotatable bonds is 5. The molecule has 2 atom stereocenters. The van der Waals surface area contributed by atoms with Gasteiger partial charge in [0, 0.05) is 25.9 Å². The number of pyridine rings is 1. The summed E-state index contributed by atoms with van der Waals surface area (Å²) >= 11 is 0. The number of nitrogens with zero attached hydrogens (tertiary/aromatic N) is 2. The highest BCUT2D eigenvalue weighted by Gasteiger charge is 2.30. The Balaban J connectivity index is 1.57. The maximum atomic E-state index is 5.83. The van der Waals surface area contributed by atoms with Crippen molar-refractivity contribution < 1.29 is 4.74 Å². The SMILES string of the molecule is CC(C)[C@H]1OCC[C@@H]1CNCc1cnc2ccccn12. The van der Waals surface area contributed by atoms with E-state index in [1.165, 1.54) is 12.1 Å². The van der Waals surface area contributed by atoms with Crippen LogP contribution >= 0.6 is 0 Å². The van der Waals surface area contributed by atoms with Crippen LogP contribution in [0.4, 0.5) is 0 Å². The van der Waals surface area contributed by atoms with Gasteiger partial charge >= 0.3 is 0 Å². The predicted molar refractivity (Wildman–Crippen MR) is 79.6 cm³/mol. The van der Waals surface area contributed by atoms with Crippen LogP contribution in [0.15, 0.2) is 30.6 Å². The lowest BCUT2D eigenvalue weighted by Crippen LogP contribution is -2.31. The van der Waals surface area contributed by atoms with Crippen LogP contribution in [-0.2, 0) is 11.3 Å². The van der Waals surface area contributed by atoms with E-state index in [2.05, 4.69) is 34.7 Å². The maximum absolute atomic E-state index is 5.83. The van der Waals surface area contributed by atoms with Gasteiger partial charge in [-0.3, -0.25) is 0 Å². The summed E-state index contributed by atoms with van der Waals surface area (Å²) < 4.78 is 7.96. The van der Waals surface area contributed by atoms with E-state index in [0.717, 1.165) is 25.3 Å². The molecule has 0 aliphatic carbocycles. The molecule has 2 aromatic heterocycles. The zero-order valence-electron chi connectivity index (χ0n) is 12.2. The van der Waals surface area contributed by atoms with E-state index in [0.29, 0.717) is 17.9 Å². The number of ether oxygens (including phenoxy) is 1. The van der Waals surface area contributed by atoms with Crippen LogP contribution in [0.5, 0.6) is 0 Å². The van der Waals surface area contributed by atoms with Gasteiger partial charge in [-0.2, -0.15) is 0 Å². The number of aromatic nitrogens is 2. The molecule has 1 aliphatic heterocycles. The van der Waals surface area contributed by atoms with Crippen molar-refractivity contribution in [3.8, 4) is 0 Å². The molecular weight excluding hydrogens is 250 g/mol. The van der Waals surface area contributed by atoms with Crippen molar-refractivity contribution in [2.24, 2.45) is 11.8 Å². The van der Waals surface area contributed by atoms with Gasteiger partial charge in [-0.05, 0) is 30.4 Å². The highest BCUT2D eigenvalue weighted by atomic mass is 16.5. The molecule has 1 saturated heterocycles. The van der Waals surface area contributed by atoms with Gasteiger partial charge in [0.05, 0.1) is 18.0 Å². The van der Waals surface area contributed by atoms with Crippen molar-refractivity contribution in [3.05, 3.63) is 36.3 Å². The molecular formula is C16H23N3O. The Morgan fingerprint density at radius 1 is 1.45 bits per heavy atom. The second-order valence-electron chi connectivity index (χ2n) is 5.94. The van der Waals surface area contributed by atoms with Crippen LogP contribution in [0.3, 0.4) is 0 Å². The molecule has 0 amide bonds. The van der Waals surface area contributed by atoms with Crippen LogP contribution in [0.1, 0.15) is 26.0 Å². The molecule has 1 N–H and O–H groups in total. The molecule has 0 saturated carbocycles. The molecule has 108 valence electrons. The number of hydrogen-bond acceptors (Lipinski definition) is 3. The monoisotopic (exact) mass is 273 g/mol. The average molecular weight is 273 g/mol. The average Bonchev–Trinajstić information content (AvgIpc) is 3.06. The van der Waals surface area contributed by atoms with E-state index in [1.54, 1.807) is 0 Å². The molecule has 3 heterocycles. The maximum Gasteiger partial charge on any atom is 0.136 e. The smallest absolute Gasteiger partial charge is 0.136 e. The Morgan fingerprint density at radius 3 is 3.20 bits per heavy atom. The fourth-order valence-electron chi connectivity index (χ4n) is 3.11. The highest BCUT2D eigenvalue weighted by Crippen LogP contribution is 2.26. The molecule has 0 aromatic carbocycles. The van der Waals surface area contributed by atoms with Gasteiger partial charge in [0.1, 0.15) is 5.65 Å². The van der Waals surface area contributed by atoms with Gasteiger partial charge < -0.3 is 14.5 Å². The van der Waals surface area contributed by atoms with Crippen LogP contribution in [-0.4, -0.2) is 28.6 Å². The fraction of sp³-hybridized carbons (Fsp3) is 0.562. The van der Waals surface area contributed by atoms with E-state index in [1.807, 2.05) is 24.4 Å². The highest BCUT2D eigenvalue weighted by molar-refractivity contribution is 5.39. The van der Waals surface area contributed by atoms with Gasteiger partial charge in [-0.1, -0.05) is 19.9 Å². The minimum absolute atomic E-state index is 0.407. The third-order valence-corrected chi connectivity index (χ3v) is 4.13. The molecule has 20 heavy (non-hydrogen) atoms. The van der Waals surface area contributed by atoms with Crippen molar-refractivity contribution in [2.45, 2.75) is 32.9 Å². The molecule has 3 rings (SSSR count). The number of hydrogen-bond donors (Lipinski definition) is 1. The Kier molecular flexibility index (Phi) is 4.03. The zero-order chi connectivity index (χ0) is 13.9. The van der Waals surface area contributed by atoms with Gasteiger partial charge in [-0.15, -0.1) is 0 Å². The minimum atomic E-state index is 0.407. The molecule has 0 unspecified atom stereocenters. The number of nitrogens with one attached hydrogen (secondary N) is 1. The first kappa shape index (κ1) is 13.6. The van der Waals surface area contributed by atoms with E-state index >= 15 is 0 Å². The summed E-state index contributed by atoms with van der Waals surface area (Å²) in [6, 6.07) is 6.09. The Bertz CT molecular complexity index is 564. The summed E-state index contributed by atoms with van der Waals surface area (Å²) in [4.78, 5) is 4.41. The van der Waals surface area contributed by atoms with Gasteiger partial charge in [0.25, 0.3) is 0 Å². The number of fused-ring (bicyclic) bond motifs is 1. The molecule has 1 fully saturated rings. The second kappa shape index (κ2) is 5.94. The lowest BCUT2D eigenvalue weighted by Gasteiger charge is -2.22.